The third-order valence-electron chi connectivity index (χ3n) is 1.38. The average molecular weight is 197 g/mol. The fourth-order valence-corrected chi connectivity index (χ4v) is 1.84. The zero-order chi connectivity index (χ0) is 9.12. The van der Waals surface area contributed by atoms with Gasteiger partial charge in [0.15, 0.2) is 9.84 Å². The molecule has 0 heterocycles. The van der Waals surface area contributed by atoms with E-state index in [9.17, 15) is 8.42 Å². The summed E-state index contributed by atoms with van der Waals surface area (Å²) in [5.41, 5.74) is 5.19. The number of nitrogens with two attached hydrogens (primary N) is 1. The largest absolute Gasteiger partial charge is 0.330 e. The Bertz CT molecular complexity index is 203. The van der Waals surface area contributed by atoms with E-state index in [2.05, 4.69) is 12.6 Å². The standard InChI is InChI=1S/C6H15NO2S2/c1-6(2,10)11(8,9)5-3-4-7/h10H,3-5,7H2,1-2H3. The highest BCUT2D eigenvalue weighted by molar-refractivity contribution is 8.06. The summed E-state index contributed by atoms with van der Waals surface area (Å²) in [6.45, 7) is 3.55. The lowest BCUT2D eigenvalue weighted by Gasteiger charge is -2.17. The lowest BCUT2D eigenvalue weighted by Crippen LogP contribution is -2.28. The Morgan fingerprint density at radius 3 is 2.18 bits per heavy atom. The molecule has 0 radical (unpaired) electrons. The van der Waals surface area contributed by atoms with Crippen LogP contribution in [0.4, 0.5) is 0 Å². The van der Waals surface area contributed by atoms with Gasteiger partial charge in [-0.15, -0.1) is 0 Å². The second kappa shape index (κ2) is 3.78. The molecule has 0 aliphatic carbocycles. The van der Waals surface area contributed by atoms with E-state index in [4.69, 9.17) is 5.73 Å². The van der Waals surface area contributed by atoms with Gasteiger partial charge >= 0.3 is 0 Å². The van der Waals surface area contributed by atoms with Gasteiger partial charge < -0.3 is 5.73 Å². The fraction of sp³-hybridized carbons (Fsp3) is 1.00. The Kier molecular flexibility index (Phi) is 3.87. The second-order valence-corrected chi connectivity index (χ2v) is 6.99. The highest BCUT2D eigenvalue weighted by Crippen LogP contribution is 2.21. The first-order valence-corrected chi connectivity index (χ1v) is 5.56. The third kappa shape index (κ3) is 3.44. The molecular weight excluding hydrogens is 182 g/mol. The molecule has 0 aromatic rings. The van der Waals surface area contributed by atoms with Crippen molar-refractivity contribution in [2.24, 2.45) is 5.73 Å². The van der Waals surface area contributed by atoms with Crippen LogP contribution < -0.4 is 5.73 Å². The van der Waals surface area contributed by atoms with E-state index in [0.29, 0.717) is 13.0 Å². The van der Waals surface area contributed by atoms with Crippen molar-refractivity contribution in [3.63, 3.8) is 0 Å². The highest BCUT2D eigenvalue weighted by atomic mass is 32.2. The fourth-order valence-electron chi connectivity index (χ4n) is 0.523. The molecule has 0 unspecified atom stereocenters. The first kappa shape index (κ1) is 11.3. The van der Waals surface area contributed by atoms with Crippen LogP contribution >= 0.6 is 12.6 Å². The Balaban J connectivity index is 4.26. The van der Waals surface area contributed by atoms with Crippen molar-refractivity contribution in [2.75, 3.05) is 12.3 Å². The summed E-state index contributed by atoms with van der Waals surface area (Å²) in [5, 5.41) is 0. The summed E-state index contributed by atoms with van der Waals surface area (Å²) < 4.78 is 21.6. The number of thiol groups is 1. The first-order chi connectivity index (χ1) is 4.81. The molecule has 0 fully saturated rings. The maximum atomic E-state index is 11.3. The topological polar surface area (TPSA) is 60.2 Å². The van der Waals surface area contributed by atoms with Gasteiger partial charge in [0.25, 0.3) is 0 Å². The number of hydrogen-bond donors (Lipinski definition) is 2. The molecule has 0 rings (SSSR count). The van der Waals surface area contributed by atoms with Gasteiger partial charge in [0.2, 0.25) is 0 Å². The lowest BCUT2D eigenvalue weighted by atomic mass is 10.5. The lowest BCUT2D eigenvalue weighted by molar-refractivity contribution is 0.580. The van der Waals surface area contributed by atoms with Crippen LogP contribution in [0, 0.1) is 0 Å². The zero-order valence-electron chi connectivity index (χ0n) is 6.87. The van der Waals surface area contributed by atoms with Crippen LogP contribution in [0.25, 0.3) is 0 Å². The van der Waals surface area contributed by atoms with Gasteiger partial charge in [-0.3, -0.25) is 0 Å². The average Bonchev–Trinajstić information content (AvgIpc) is 1.81. The zero-order valence-corrected chi connectivity index (χ0v) is 8.58. The summed E-state index contributed by atoms with van der Waals surface area (Å²) >= 11 is 3.98. The molecule has 2 N–H and O–H groups in total. The van der Waals surface area contributed by atoms with Crippen LogP contribution in [0.15, 0.2) is 0 Å². The molecule has 0 aromatic heterocycles. The number of sulfone groups is 1. The highest BCUT2D eigenvalue weighted by Gasteiger charge is 2.28. The molecule has 68 valence electrons. The van der Waals surface area contributed by atoms with Crippen molar-refractivity contribution < 1.29 is 8.42 Å². The molecule has 0 atom stereocenters. The van der Waals surface area contributed by atoms with Crippen molar-refractivity contribution in [3.05, 3.63) is 0 Å². The van der Waals surface area contributed by atoms with E-state index in [0.717, 1.165) is 0 Å². The summed E-state index contributed by atoms with van der Waals surface area (Å²) in [7, 11) is -3.08. The van der Waals surface area contributed by atoms with Crippen LogP contribution in [0.2, 0.25) is 0 Å². The molecule has 0 aliphatic rings. The minimum Gasteiger partial charge on any atom is -0.330 e. The normalized spacial score (nSPS) is 13.5. The summed E-state index contributed by atoms with van der Waals surface area (Å²) in [6, 6.07) is 0. The van der Waals surface area contributed by atoms with Gasteiger partial charge in [0, 0.05) is 0 Å². The molecule has 0 saturated carbocycles. The van der Waals surface area contributed by atoms with Crippen molar-refractivity contribution in [3.8, 4) is 0 Å². The Labute approximate surface area is 73.7 Å². The van der Waals surface area contributed by atoms with Gasteiger partial charge in [-0.05, 0) is 26.8 Å². The Morgan fingerprint density at radius 1 is 1.45 bits per heavy atom. The van der Waals surface area contributed by atoms with E-state index < -0.39 is 13.9 Å². The Hall–Kier alpha value is 0.260. The maximum Gasteiger partial charge on any atom is 0.164 e. The molecule has 5 heteroatoms. The van der Waals surface area contributed by atoms with Crippen molar-refractivity contribution in [1.29, 1.82) is 0 Å². The summed E-state index contributed by atoms with van der Waals surface area (Å²) in [5.74, 6) is 0.125. The van der Waals surface area contributed by atoms with Crippen LogP contribution in [0.5, 0.6) is 0 Å². The molecule has 0 spiro atoms. The summed E-state index contributed by atoms with van der Waals surface area (Å²) in [6.07, 6.45) is 0.506. The monoisotopic (exact) mass is 197 g/mol. The van der Waals surface area contributed by atoms with Gasteiger partial charge in [-0.25, -0.2) is 8.42 Å². The molecule has 3 nitrogen and oxygen atoms in total. The maximum absolute atomic E-state index is 11.3. The Morgan fingerprint density at radius 2 is 1.91 bits per heavy atom. The van der Waals surface area contributed by atoms with Gasteiger partial charge in [-0.1, -0.05) is 0 Å². The van der Waals surface area contributed by atoms with E-state index in [1.54, 1.807) is 13.8 Å². The van der Waals surface area contributed by atoms with E-state index >= 15 is 0 Å². The number of rotatable bonds is 4. The van der Waals surface area contributed by atoms with Crippen molar-refractivity contribution >= 4 is 22.5 Å². The molecule has 11 heavy (non-hydrogen) atoms. The second-order valence-electron chi connectivity index (χ2n) is 2.91. The minimum absolute atomic E-state index is 0.125. The van der Waals surface area contributed by atoms with E-state index in [1.165, 1.54) is 0 Å². The van der Waals surface area contributed by atoms with E-state index in [-0.39, 0.29) is 5.75 Å². The quantitative estimate of drug-likeness (QED) is 0.642. The molecule has 0 bridgehead atoms. The van der Waals surface area contributed by atoms with Crippen molar-refractivity contribution in [1.82, 2.24) is 0 Å². The predicted molar refractivity (Wildman–Crippen MR) is 50.5 cm³/mol. The third-order valence-corrected chi connectivity index (χ3v) is 4.56. The van der Waals surface area contributed by atoms with Gasteiger partial charge in [0.1, 0.15) is 4.08 Å². The molecular formula is C6H15NO2S2. The molecule has 0 saturated heterocycles. The minimum atomic E-state index is -3.08. The number of hydrogen-bond acceptors (Lipinski definition) is 4. The SMILES string of the molecule is CC(C)(S)S(=O)(=O)CCCN. The van der Waals surface area contributed by atoms with Crippen molar-refractivity contribution in [2.45, 2.75) is 24.3 Å². The van der Waals surface area contributed by atoms with Crippen LogP contribution in [-0.2, 0) is 9.84 Å². The smallest absolute Gasteiger partial charge is 0.164 e. The van der Waals surface area contributed by atoms with Crippen LogP contribution in [0.1, 0.15) is 20.3 Å². The van der Waals surface area contributed by atoms with E-state index in [1.807, 2.05) is 0 Å². The predicted octanol–water partition coefficient (Wildman–Crippen LogP) is 0.416. The summed E-state index contributed by atoms with van der Waals surface area (Å²) in [4.78, 5) is 0. The van der Waals surface area contributed by atoms with Gasteiger partial charge in [0.05, 0.1) is 5.75 Å². The molecule has 0 amide bonds. The molecule has 0 aliphatic heterocycles. The van der Waals surface area contributed by atoms with Crippen LogP contribution in [0.3, 0.4) is 0 Å². The van der Waals surface area contributed by atoms with Gasteiger partial charge in [-0.2, -0.15) is 12.6 Å². The van der Waals surface area contributed by atoms with Crippen LogP contribution in [-0.4, -0.2) is 24.8 Å². The molecule has 0 aromatic carbocycles. The first-order valence-electron chi connectivity index (χ1n) is 3.46.